The maximum Gasteiger partial charge on any atom is 0.314 e. The molecule has 1 aromatic rings. The van der Waals surface area contributed by atoms with Crippen LogP contribution in [0.1, 0.15) is 29.5 Å². The van der Waals surface area contributed by atoms with Crippen molar-refractivity contribution in [3.63, 3.8) is 0 Å². The van der Waals surface area contributed by atoms with Crippen molar-refractivity contribution in [3.05, 3.63) is 34.9 Å². The van der Waals surface area contributed by atoms with Gasteiger partial charge in [-0.05, 0) is 42.5 Å². The smallest absolute Gasteiger partial charge is 0.314 e. The highest BCUT2D eigenvalue weighted by Crippen LogP contribution is 2.48. The van der Waals surface area contributed by atoms with Crippen molar-refractivity contribution in [1.29, 1.82) is 0 Å². The van der Waals surface area contributed by atoms with Crippen molar-refractivity contribution in [2.24, 2.45) is 0 Å². The number of hydrogen-bond donors (Lipinski definition) is 2. The number of rotatable bonds is 2. The van der Waals surface area contributed by atoms with Crippen LogP contribution in [0, 0.1) is 0 Å². The molecule has 0 spiro atoms. The van der Waals surface area contributed by atoms with Gasteiger partial charge in [0, 0.05) is 6.54 Å². The topological polar surface area (TPSA) is 49.3 Å². The summed E-state index contributed by atoms with van der Waals surface area (Å²) in [5, 5.41) is 12.6. The zero-order valence-corrected chi connectivity index (χ0v) is 9.12. The Hall–Kier alpha value is -1.35. The summed E-state index contributed by atoms with van der Waals surface area (Å²) in [7, 11) is 0. The number of carboxylic acid groups (broad SMARTS) is 1. The predicted molar refractivity (Wildman–Crippen MR) is 60.4 cm³/mol. The second kappa shape index (κ2) is 3.32. The fraction of sp³-hybridized carbons (Fsp3) is 0.462. The van der Waals surface area contributed by atoms with Gasteiger partial charge in [0.2, 0.25) is 0 Å². The fourth-order valence-electron chi connectivity index (χ4n) is 2.53. The molecule has 1 saturated carbocycles. The Bertz CT molecular complexity index is 449. The summed E-state index contributed by atoms with van der Waals surface area (Å²) < 4.78 is 0. The molecule has 1 fully saturated rings. The van der Waals surface area contributed by atoms with Crippen LogP contribution < -0.4 is 5.32 Å². The summed E-state index contributed by atoms with van der Waals surface area (Å²) in [6.45, 7) is 1.91. The van der Waals surface area contributed by atoms with Crippen molar-refractivity contribution < 1.29 is 9.90 Å². The third-order valence-corrected chi connectivity index (χ3v) is 3.80. The van der Waals surface area contributed by atoms with Gasteiger partial charge in [-0.1, -0.05) is 18.2 Å². The van der Waals surface area contributed by atoms with Gasteiger partial charge in [-0.2, -0.15) is 0 Å². The van der Waals surface area contributed by atoms with E-state index in [1.807, 2.05) is 6.07 Å². The normalized spacial score (nSPS) is 21.2. The molecule has 3 nitrogen and oxygen atoms in total. The largest absolute Gasteiger partial charge is 0.481 e. The fourth-order valence-corrected chi connectivity index (χ4v) is 2.53. The molecule has 1 aliphatic carbocycles. The van der Waals surface area contributed by atoms with Crippen molar-refractivity contribution in [3.8, 4) is 0 Å². The van der Waals surface area contributed by atoms with E-state index >= 15 is 0 Å². The van der Waals surface area contributed by atoms with Crippen LogP contribution in [0.25, 0.3) is 0 Å². The minimum Gasteiger partial charge on any atom is -0.481 e. The molecule has 3 rings (SSSR count). The molecular weight excluding hydrogens is 202 g/mol. The molecule has 0 aromatic heterocycles. The molecule has 2 N–H and O–H groups in total. The molecule has 2 aliphatic rings. The van der Waals surface area contributed by atoms with Gasteiger partial charge in [0.15, 0.2) is 0 Å². The Morgan fingerprint density at radius 1 is 1.31 bits per heavy atom. The van der Waals surface area contributed by atoms with E-state index < -0.39 is 11.4 Å². The lowest BCUT2D eigenvalue weighted by Crippen LogP contribution is -2.25. The standard InChI is InChI=1S/C13H15NO2/c15-12(16)13(4-5-13)11-2-1-10-8-14-6-3-9(10)7-11/h1-2,7,14H,3-6,8H2,(H,15,16). The van der Waals surface area contributed by atoms with Gasteiger partial charge < -0.3 is 10.4 Å². The van der Waals surface area contributed by atoms with Crippen LogP contribution in [0.15, 0.2) is 18.2 Å². The number of fused-ring (bicyclic) bond motifs is 1. The molecule has 16 heavy (non-hydrogen) atoms. The Labute approximate surface area is 94.5 Å². The average Bonchev–Trinajstić information content (AvgIpc) is 3.09. The molecule has 84 valence electrons. The van der Waals surface area contributed by atoms with Gasteiger partial charge >= 0.3 is 5.97 Å². The molecule has 0 amide bonds. The van der Waals surface area contributed by atoms with E-state index in [0.717, 1.165) is 37.9 Å². The van der Waals surface area contributed by atoms with Gasteiger partial charge in [-0.15, -0.1) is 0 Å². The summed E-state index contributed by atoms with van der Waals surface area (Å²) in [6, 6.07) is 6.18. The van der Waals surface area contributed by atoms with E-state index in [9.17, 15) is 9.90 Å². The van der Waals surface area contributed by atoms with Crippen molar-refractivity contribution in [1.82, 2.24) is 5.32 Å². The summed E-state index contributed by atoms with van der Waals surface area (Å²) in [6.07, 6.45) is 2.59. The van der Waals surface area contributed by atoms with Gasteiger partial charge in [0.05, 0.1) is 5.41 Å². The Morgan fingerprint density at radius 2 is 2.12 bits per heavy atom. The van der Waals surface area contributed by atoms with E-state index in [1.165, 1.54) is 11.1 Å². The third kappa shape index (κ3) is 1.35. The maximum absolute atomic E-state index is 11.2. The first-order chi connectivity index (χ1) is 7.72. The first kappa shape index (κ1) is 9.85. The van der Waals surface area contributed by atoms with E-state index in [4.69, 9.17) is 0 Å². The van der Waals surface area contributed by atoms with Crippen LogP contribution in [0.5, 0.6) is 0 Å². The van der Waals surface area contributed by atoms with Gasteiger partial charge in [0.25, 0.3) is 0 Å². The SMILES string of the molecule is O=C(O)C1(c2ccc3c(c2)CCNC3)CC1. The average molecular weight is 217 g/mol. The molecule has 0 saturated heterocycles. The Balaban J connectivity index is 2.00. The van der Waals surface area contributed by atoms with Gasteiger partial charge in [0.1, 0.15) is 0 Å². The minimum absolute atomic E-state index is 0.556. The lowest BCUT2D eigenvalue weighted by Gasteiger charge is -2.19. The number of nitrogens with one attached hydrogen (secondary N) is 1. The predicted octanol–water partition coefficient (Wildman–Crippen LogP) is 1.45. The second-order valence-corrected chi connectivity index (χ2v) is 4.80. The van der Waals surface area contributed by atoms with Crippen LogP contribution in [-0.2, 0) is 23.2 Å². The molecule has 0 unspecified atom stereocenters. The monoisotopic (exact) mass is 217 g/mol. The highest BCUT2D eigenvalue weighted by molar-refractivity contribution is 5.85. The number of aliphatic carboxylic acids is 1. The molecule has 0 radical (unpaired) electrons. The first-order valence-electron chi connectivity index (χ1n) is 5.79. The number of benzene rings is 1. The van der Waals surface area contributed by atoms with Crippen LogP contribution in [0.2, 0.25) is 0 Å². The summed E-state index contributed by atoms with van der Waals surface area (Å²) in [5.74, 6) is -0.665. The zero-order chi connectivity index (χ0) is 11.2. The summed E-state index contributed by atoms with van der Waals surface area (Å²) in [4.78, 5) is 11.2. The maximum atomic E-state index is 11.2. The van der Waals surface area contributed by atoms with E-state index in [-0.39, 0.29) is 0 Å². The summed E-state index contributed by atoms with van der Waals surface area (Å²) >= 11 is 0. The first-order valence-corrected chi connectivity index (χ1v) is 5.79. The van der Waals surface area contributed by atoms with Crippen LogP contribution in [0.3, 0.4) is 0 Å². The molecule has 0 bridgehead atoms. The molecule has 1 heterocycles. The zero-order valence-electron chi connectivity index (χ0n) is 9.12. The van der Waals surface area contributed by atoms with Gasteiger partial charge in [-0.3, -0.25) is 4.79 Å². The van der Waals surface area contributed by atoms with Crippen molar-refractivity contribution in [2.45, 2.75) is 31.2 Å². The second-order valence-electron chi connectivity index (χ2n) is 4.80. The quantitative estimate of drug-likeness (QED) is 0.788. The number of carboxylic acids is 1. The lowest BCUT2D eigenvalue weighted by atomic mass is 9.90. The number of carbonyl (C=O) groups is 1. The van der Waals surface area contributed by atoms with Gasteiger partial charge in [-0.25, -0.2) is 0 Å². The third-order valence-electron chi connectivity index (χ3n) is 3.80. The lowest BCUT2D eigenvalue weighted by molar-refractivity contribution is -0.140. The summed E-state index contributed by atoms with van der Waals surface area (Å²) in [5.41, 5.74) is 3.08. The van der Waals surface area contributed by atoms with Crippen LogP contribution in [-0.4, -0.2) is 17.6 Å². The van der Waals surface area contributed by atoms with E-state index in [1.54, 1.807) is 0 Å². The highest BCUT2D eigenvalue weighted by Gasteiger charge is 2.51. The van der Waals surface area contributed by atoms with E-state index in [0.29, 0.717) is 0 Å². The Morgan fingerprint density at radius 3 is 2.81 bits per heavy atom. The molecule has 0 atom stereocenters. The molecule has 1 aliphatic heterocycles. The van der Waals surface area contributed by atoms with Crippen LogP contribution >= 0.6 is 0 Å². The molecular formula is C13H15NO2. The highest BCUT2D eigenvalue weighted by atomic mass is 16.4. The molecule has 3 heteroatoms. The van der Waals surface area contributed by atoms with E-state index in [2.05, 4.69) is 17.4 Å². The van der Waals surface area contributed by atoms with Crippen LogP contribution in [0.4, 0.5) is 0 Å². The minimum atomic E-state index is -0.665. The van der Waals surface area contributed by atoms with Crippen molar-refractivity contribution in [2.75, 3.05) is 6.54 Å². The molecule has 1 aromatic carbocycles. The number of hydrogen-bond acceptors (Lipinski definition) is 2. The van der Waals surface area contributed by atoms with Crippen molar-refractivity contribution >= 4 is 5.97 Å². The Kier molecular flexibility index (Phi) is 2.04.